The third kappa shape index (κ3) is 4.78. The first kappa shape index (κ1) is 21.1. The van der Waals surface area contributed by atoms with Crippen molar-refractivity contribution in [3.05, 3.63) is 41.3 Å². The van der Waals surface area contributed by atoms with E-state index in [-0.39, 0.29) is 5.91 Å². The molecule has 3 heterocycles. The maximum absolute atomic E-state index is 12.4. The summed E-state index contributed by atoms with van der Waals surface area (Å²) in [5.74, 6) is 2.91. The van der Waals surface area contributed by atoms with E-state index in [1.54, 1.807) is 7.11 Å². The monoisotopic (exact) mass is 423 g/mol. The molecule has 8 nitrogen and oxygen atoms in total. The molecule has 1 aliphatic heterocycles. The molecular formula is C23H29N5O3. The molecule has 0 atom stereocenters. The number of amides is 1. The smallest absolute Gasteiger partial charge is 0.263 e. The number of aromatic nitrogens is 3. The molecule has 164 valence electrons. The van der Waals surface area contributed by atoms with Gasteiger partial charge in [-0.3, -0.25) is 4.79 Å². The molecule has 3 aromatic rings. The van der Waals surface area contributed by atoms with E-state index in [1.165, 1.54) is 0 Å². The lowest BCUT2D eigenvalue weighted by Gasteiger charge is -2.31. The Balaban J connectivity index is 1.44. The highest BCUT2D eigenvalue weighted by atomic mass is 16.5. The van der Waals surface area contributed by atoms with Gasteiger partial charge >= 0.3 is 0 Å². The molecule has 1 saturated heterocycles. The van der Waals surface area contributed by atoms with Crippen LogP contribution >= 0.6 is 0 Å². The SMILES string of the molecule is COc1ccccc1CNC(=O)CCc1nc(N2CCC(C)CC2)c2c(C)noc2n1. The number of hydrogen-bond acceptors (Lipinski definition) is 7. The molecule has 0 radical (unpaired) electrons. The summed E-state index contributed by atoms with van der Waals surface area (Å²) < 4.78 is 10.8. The number of methoxy groups -OCH3 is 1. The first-order valence-electron chi connectivity index (χ1n) is 10.8. The number of nitrogens with zero attached hydrogens (tertiary/aromatic N) is 4. The van der Waals surface area contributed by atoms with Crippen LogP contribution in [0.1, 0.15) is 43.3 Å². The fraction of sp³-hybridized carbons (Fsp3) is 0.478. The van der Waals surface area contributed by atoms with Gasteiger partial charge in [-0.05, 0) is 31.7 Å². The minimum Gasteiger partial charge on any atom is -0.496 e. The Morgan fingerprint density at radius 2 is 2.03 bits per heavy atom. The van der Waals surface area contributed by atoms with Gasteiger partial charge in [-0.25, -0.2) is 4.98 Å². The number of carbonyl (C=O) groups excluding carboxylic acids is 1. The Kier molecular flexibility index (Phi) is 6.34. The largest absolute Gasteiger partial charge is 0.496 e. The maximum Gasteiger partial charge on any atom is 0.263 e. The van der Waals surface area contributed by atoms with Gasteiger partial charge in [-0.15, -0.1) is 0 Å². The second-order valence-corrected chi connectivity index (χ2v) is 8.17. The quantitative estimate of drug-likeness (QED) is 0.622. The van der Waals surface area contributed by atoms with Crippen LogP contribution in [0.2, 0.25) is 0 Å². The Morgan fingerprint density at radius 3 is 2.81 bits per heavy atom. The molecule has 0 saturated carbocycles. The molecule has 0 spiro atoms. The molecule has 1 aliphatic rings. The van der Waals surface area contributed by atoms with Gasteiger partial charge in [0.25, 0.3) is 5.71 Å². The van der Waals surface area contributed by atoms with E-state index in [1.807, 2.05) is 31.2 Å². The molecule has 0 unspecified atom stereocenters. The van der Waals surface area contributed by atoms with E-state index in [0.29, 0.717) is 30.9 Å². The van der Waals surface area contributed by atoms with Gasteiger partial charge in [0.2, 0.25) is 5.91 Å². The van der Waals surface area contributed by atoms with Crippen molar-refractivity contribution in [2.24, 2.45) is 5.92 Å². The Hall–Kier alpha value is -3.16. The van der Waals surface area contributed by atoms with Crippen LogP contribution in [0.15, 0.2) is 28.8 Å². The lowest BCUT2D eigenvalue weighted by atomic mass is 9.99. The molecule has 8 heteroatoms. The molecule has 0 aliphatic carbocycles. The zero-order chi connectivity index (χ0) is 21.8. The van der Waals surface area contributed by atoms with Gasteiger partial charge in [0.15, 0.2) is 0 Å². The van der Waals surface area contributed by atoms with Gasteiger partial charge < -0.3 is 19.5 Å². The molecule has 1 fully saturated rings. The Labute approximate surface area is 182 Å². The highest BCUT2D eigenvalue weighted by Crippen LogP contribution is 2.30. The lowest BCUT2D eigenvalue weighted by Crippen LogP contribution is -2.34. The van der Waals surface area contributed by atoms with E-state index in [0.717, 1.165) is 60.1 Å². The number of rotatable bonds is 7. The van der Waals surface area contributed by atoms with Crippen LogP contribution in [0.3, 0.4) is 0 Å². The average molecular weight is 424 g/mol. The number of carbonyl (C=O) groups is 1. The van der Waals surface area contributed by atoms with E-state index in [2.05, 4.69) is 27.3 Å². The zero-order valence-electron chi connectivity index (χ0n) is 18.4. The molecule has 1 N–H and O–H groups in total. The van der Waals surface area contributed by atoms with Gasteiger partial charge in [-0.1, -0.05) is 30.3 Å². The number of fused-ring (bicyclic) bond motifs is 1. The van der Waals surface area contributed by atoms with Gasteiger partial charge in [0.1, 0.15) is 22.8 Å². The predicted molar refractivity (Wildman–Crippen MR) is 118 cm³/mol. The number of nitrogens with one attached hydrogen (secondary N) is 1. The van der Waals surface area contributed by atoms with Crippen LogP contribution in [-0.4, -0.2) is 41.2 Å². The van der Waals surface area contributed by atoms with Crippen LogP contribution < -0.4 is 15.0 Å². The summed E-state index contributed by atoms with van der Waals surface area (Å²) >= 11 is 0. The number of benzene rings is 1. The molecule has 4 rings (SSSR count). The Bertz CT molecular complexity index is 1060. The number of aryl methyl sites for hydroxylation is 2. The molecule has 2 aromatic heterocycles. The first-order valence-corrected chi connectivity index (χ1v) is 10.8. The standard InChI is InChI=1S/C23H29N5O3/c1-15-10-12-28(13-11-15)22-21-16(2)27-31-23(21)26-19(25-22)8-9-20(29)24-14-17-6-4-5-7-18(17)30-3/h4-7,15H,8-14H2,1-3H3,(H,24,29). The third-order valence-corrected chi connectivity index (χ3v) is 5.86. The summed E-state index contributed by atoms with van der Waals surface area (Å²) in [6, 6.07) is 7.65. The summed E-state index contributed by atoms with van der Waals surface area (Å²) in [7, 11) is 1.62. The van der Waals surface area contributed by atoms with Crippen LogP contribution in [-0.2, 0) is 17.8 Å². The van der Waals surface area contributed by atoms with Gasteiger partial charge in [-0.2, -0.15) is 4.98 Å². The van der Waals surface area contributed by atoms with Crippen molar-refractivity contribution in [3.8, 4) is 5.75 Å². The number of para-hydroxylation sites is 1. The average Bonchev–Trinajstić information content (AvgIpc) is 3.17. The van der Waals surface area contributed by atoms with Crippen molar-refractivity contribution < 1.29 is 14.1 Å². The summed E-state index contributed by atoms with van der Waals surface area (Å²) in [5.41, 5.74) is 2.23. The highest BCUT2D eigenvalue weighted by molar-refractivity contribution is 5.88. The van der Waals surface area contributed by atoms with Crippen molar-refractivity contribution in [2.75, 3.05) is 25.1 Å². The topological polar surface area (TPSA) is 93.4 Å². The second-order valence-electron chi connectivity index (χ2n) is 8.17. The summed E-state index contributed by atoms with van der Waals surface area (Å²) in [6.45, 7) is 6.53. The number of piperidine rings is 1. The minimum atomic E-state index is -0.0586. The highest BCUT2D eigenvalue weighted by Gasteiger charge is 2.23. The normalized spacial score (nSPS) is 14.7. The number of hydrogen-bond donors (Lipinski definition) is 1. The molecule has 1 amide bonds. The van der Waals surface area contributed by atoms with Crippen molar-refractivity contribution in [1.29, 1.82) is 0 Å². The third-order valence-electron chi connectivity index (χ3n) is 5.86. The van der Waals surface area contributed by atoms with E-state index < -0.39 is 0 Å². The van der Waals surface area contributed by atoms with Crippen LogP contribution in [0, 0.1) is 12.8 Å². The van der Waals surface area contributed by atoms with Crippen molar-refractivity contribution in [2.45, 2.75) is 46.1 Å². The molecule has 1 aromatic carbocycles. The molecule has 0 bridgehead atoms. The van der Waals surface area contributed by atoms with Crippen molar-refractivity contribution in [3.63, 3.8) is 0 Å². The summed E-state index contributed by atoms with van der Waals surface area (Å²) in [4.78, 5) is 24.0. The first-order chi connectivity index (χ1) is 15.0. The summed E-state index contributed by atoms with van der Waals surface area (Å²) in [6.07, 6.45) is 3.00. The fourth-order valence-electron chi connectivity index (χ4n) is 3.93. The second kappa shape index (κ2) is 9.32. The van der Waals surface area contributed by atoms with Gasteiger partial charge in [0.05, 0.1) is 12.8 Å². The van der Waals surface area contributed by atoms with Crippen LogP contribution in [0.5, 0.6) is 5.75 Å². The lowest BCUT2D eigenvalue weighted by molar-refractivity contribution is -0.121. The van der Waals surface area contributed by atoms with Crippen molar-refractivity contribution in [1.82, 2.24) is 20.4 Å². The fourth-order valence-corrected chi connectivity index (χ4v) is 3.93. The van der Waals surface area contributed by atoms with Crippen LogP contribution in [0.25, 0.3) is 11.1 Å². The Morgan fingerprint density at radius 1 is 1.26 bits per heavy atom. The van der Waals surface area contributed by atoms with Crippen LogP contribution in [0.4, 0.5) is 5.82 Å². The molecule has 31 heavy (non-hydrogen) atoms. The predicted octanol–water partition coefficient (Wildman–Crippen LogP) is 3.42. The minimum absolute atomic E-state index is 0.0586. The number of ether oxygens (including phenoxy) is 1. The summed E-state index contributed by atoms with van der Waals surface area (Å²) in [5, 5.41) is 7.91. The van der Waals surface area contributed by atoms with E-state index in [4.69, 9.17) is 14.2 Å². The van der Waals surface area contributed by atoms with Crippen molar-refractivity contribution >= 4 is 22.8 Å². The zero-order valence-corrected chi connectivity index (χ0v) is 18.4. The molecular weight excluding hydrogens is 394 g/mol. The maximum atomic E-state index is 12.4. The number of anilines is 1. The van der Waals surface area contributed by atoms with E-state index in [9.17, 15) is 4.79 Å². The van der Waals surface area contributed by atoms with Gasteiger partial charge in [0, 0.05) is 38.0 Å². The van der Waals surface area contributed by atoms with E-state index >= 15 is 0 Å².